The molecule has 0 saturated carbocycles. The van der Waals surface area contributed by atoms with Crippen molar-refractivity contribution in [3.8, 4) is 11.5 Å². The summed E-state index contributed by atoms with van der Waals surface area (Å²) in [6.07, 6.45) is 1.23. The monoisotopic (exact) mass is 582 g/mol. The van der Waals surface area contributed by atoms with Gasteiger partial charge >= 0.3 is 29.9 Å². The second-order valence-electron chi connectivity index (χ2n) is 7.23. The van der Waals surface area contributed by atoms with E-state index in [0.29, 0.717) is 12.8 Å². The fraction of sp³-hybridized carbons (Fsp3) is 0.217. The molecule has 2 rings (SSSR count). The molecule has 0 spiro atoms. The molecule has 0 heterocycles. The van der Waals surface area contributed by atoms with E-state index in [1.807, 2.05) is 19.2 Å². The lowest BCUT2D eigenvalue weighted by Gasteiger charge is -2.21. The molecule has 0 unspecified atom stereocenters. The molecule has 0 atom stereocenters. The molecule has 2 aromatic rings. The molecule has 0 radical (unpaired) electrons. The summed E-state index contributed by atoms with van der Waals surface area (Å²) in [5, 5.41) is 38.1. The van der Waals surface area contributed by atoms with Crippen molar-refractivity contribution in [2.75, 3.05) is 0 Å². The van der Waals surface area contributed by atoms with E-state index in [0.717, 1.165) is 24.3 Å². The summed E-state index contributed by atoms with van der Waals surface area (Å²) in [6.45, 7) is 3.72. The maximum Gasteiger partial charge on any atom is 0.336 e. The van der Waals surface area contributed by atoms with Gasteiger partial charge in [0.1, 0.15) is 15.8 Å². The Morgan fingerprint density at radius 3 is 1.38 bits per heavy atom. The van der Waals surface area contributed by atoms with Crippen molar-refractivity contribution >= 4 is 51.7 Å². The second kappa shape index (κ2) is 13.0. The Balaban J connectivity index is 0.000000482. The van der Waals surface area contributed by atoms with E-state index in [-0.39, 0.29) is 17.4 Å². The Bertz CT molecular complexity index is 1170. The highest BCUT2D eigenvalue weighted by Crippen LogP contribution is 2.27. The number of rotatable bonds is 9. The van der Waals surface area contributed by atoms with Crippen LogP contribution in [0.15, 0.2) is 36.4 Å². The van der Waals surface area contributed by atoms with Crippen LogP contribution in [0.1, 0.15) is 68.1 Å². The summed E-state index contributed by atoms with van der Waals surface area (Å²) < 4.78 is 4.65. The van der Waals surface area contributed by atoms with Gasteiger partial charge in [0.25, 0.3) is 0 Å². The van der Waals surface area contributed by atoms with Crippen molar-refractivity contribution in [1.82, 2.24) is 5.32 Å². The van der Waals surface area contributed by atoms with Gasteiger partial charge in [-0.05, 0) is 49.2 Å². The van der Waals surface area contributed by atoms with E-state index in [2.05, 4.69) is 15.9 Å². The largest absolute Gasteiger partial charge is 0.478 e. The van der Waals surface area contributed by atoms with Gasteiger partial charge in [-0.15, -0.1) is 0 Å². The number of urea groups is 1. The van der Waals surface area contributed by atoms with Crippen LogP contribution in [0.3, 0.4) is 0 Å². The second-order valence-corrected chi connectivity index (χ2v) is 8.75. The maximum atomic E-state index is 11.3. The van der Waals surface area contributed by atoms with Gasteiger partial charge < -0.3 is 30.9 Å². The molecule has 198 valence electrons. The lowest BCUT2D eigenvalue weighted by atomic mass is 10.0. The number of imide groups is 1. The number of benzene rings is 2. The number of nitrogens with one attached hydrogen (secondary N) is 1. The highest BCUT2D eigenvalue weighted by Gasteiger charge is 2.32. The maximum absolute atomic E-state index is 11.3. The standard InChI is InChI=1S/C16H10O9.C7H13BrN2O2/c17-13(18)9-3-1-7(5-11(9)15(21)22)25-8-2-4-10(14(19)20)12(6-8)16(23)24;1-3-7(8,4-2)5(11)10-6(9)12/h1-6H,(H,17,18)(H,19,20)(H,21,22)(H,23,24);3-4H2,1-2H3,(H3,9,10,11,12). The van der Waals surface area contributed by atoms with Gasteiger partial charge in [-0.3, -0.25) is 10.1 Å². The van der Waals surface area contributed by atoms with E-state index < -0.39 is 56.5 Å². The number of amides is 3. The number of hydrogen-bond donors (Lipinski definition) is 6. The fourth-order valence-electron chi connectivity index (χ4n) is 2.83. The summed E-state index contributed by atoms with van der Waals surface area (Å²) in [6, 6.07) is 5.58. The topological polar surface area (TPSA) is 231 Å². The first-order valence-electron chi connectivity index (χ1n) is 10.4. The first-order chi connectivity index (χ1) is 17.2. The molecule has 0 fully saturated rings. The number of halogens is 1. The Morgan fingerprint density at radius 2 is 1.11 bits per heavy atom. The quantitative estimate of drug-likeness (QED) is 0.234. The zero-order valence-electron chi connectivity index (χ0n) is 19.5. The van der Waals surface area contributed by atoms with Crippen LogP contribution in [0.2, 0.25) is 0 Å². The van der Waals surface area contributed by atoms with Crippen LogP contribution in [-0.2, 0) is 4.79 Å². The van der Waals surface area contributed by atoms with Gasteiger partial charge in [0.2, 0.25) is 5.91 Å². The fourth-order valence-corrected chi connectivity index (χ4v) is 2.93. The van der Waals surface area contributed by atoms with Gasteiger partial charge in [0.15, 0.2) is 0 Å². The highest BCUT2D eigenvalue weighted by molar-refractivity contribution is 9.10. The Kier molecular flexibility index (Phi) is 10.8. The van der Waals surface area contributed by atoms with Gasteiger partial charge in [-0.25, -0.2) is 24.0 Å². The summed E-state index contributed by atoms with van der Waals surface area (Å²) in [5.74, 6) is -6.29. The molecule has 37 heavy (non-hydrogen) atoms. The van der Waals surface area contributed by atoms with Gasteiger partial charge in [0.05, 0.1) is 22.3 Å². The minimum atomic E-state index is -1.48. The number of carbonyl (C=O) groups is 6. The lowest BCUT2D eigenvalue weighted by molar-refractivity contribution is -0.122. The zero-order valence-corrected chi connectivity index (χ0v) is 21.1. The van der Waals surface area contributed by atoms with Crippen molar-refractivity contribution in [3.05, 3.63) is 58.7 Å². The normalized spacial score (nSPS) is 10.4. The highest BCUT2D eigenvalue weighted by atomic mass is 79.9. The van der Waals surface area contributed by atoms with Crippen molar-refractivity contribution in [3.63, 3.8) is 0 Å². The van der Waals surface area contributed by atoms with Gasteiger partial charge in [-0.1, -0.05) is 29.8 Å². The van der Waals surface area contributed by atoms with Crippen LogP contribution in [0.5, 0.6) is 11.5 Å². The molecule has 0 aliphatic carbocycles. The molecule has 0 aromatic heterocycles. The van der Waals surface area contributed by atoms with Crippen LogP contribution in [0, 0.1) is 0 Å². The molecule has 7 N–H and O–H groups in total. The average molecular weight is 583 g/mol. The Morgan fingerprint density at radius 1 is 0.757 bits per heavy atom. The number of carboxylic acid groups (broad SMARTS) is 4. The molecule has 13 nitrogen and oxygen atoms in total. The Hall–Kier alpha value is -4.46. The number of alkyl halides is 1. The summed E-state index contributed by atoms with van der Waals surface area (Å²) in [7, 11) is 0. The van der Waals surface area contributed by atoms with Crippen molar-refractivity contribution in [1.29, 1.82) is 0 Å². The molecular formula is C23H23BrN2O11. The minimum Gasteiger partial charge on any atom is -0.478 e. The molecule has 0 aliphatic heterocycles. The number of nitrogens with two attached hydrogens (primary N) is 1. The molecule has 14 heteroatoms. The smallest absolute Gasteiger partial charge is 0.336 e. The predicted molar refractivity (Wildman–Crippen MR) is 131 cm³/mol. The summed E-state index contributed by atoms with van der Waals surface area (Å²) in [4.78, 5) is 65.9. The van der Waals surface area contributed by atoms with Crippen LogP contribution >= 0.6 is 15.9 Å². The number of hydrogen-bond acceptors (Lipinski definition) is 7. The SMILES string of the molecule is CCC(Br)(CC)C(=O)NC(N)=O.O=C(O)c1ccc(Oc2ccc(C(=O)O)c(C(=O)O)c2)cc1C(=O)O. The predicted octanol–water partition coefficient (Wildman–Crippen LogP) is 3.41. The molecule has 0 aliphatic rings. The Labute approximate surface area is 218 Å². The molecule has 2 aromatic carbocycles. The third kappa shape index (κ3) is 8.31. The van der Waals surface area contributed by atoms with E-state index in [1.54, 1.807) is 0 Å². The molecular weight excluding hydrogens is 560 g/mol. The summed E-state index contributed by atoms with van der Waals surface area (Å²) >= 11 is 3.26. The first-order valence-corrected chi connectivity index (χ1v) is 11.1. The molecule has 3 amide bonds. The number of ether oxygens (including phenoxy) is 1. The van der Waals surface area contributed by atoms with Crippen LogP contribution < -0.4 is 15.8 Å². The number of primary amides is 1. The van der Waals surface area contributed by atoms with Gasteiger partial charge in [0, 0.05) is 0 Å². The number of carbonyl (C=O) groups excluding carboxylic acids is 2. The average Bonchev–Trinajstić information content (AvgIpc) is 2.82. The van der Waals surface area contributed by atoms with Crippen molar-refractivity contribution in [2.45, 2.75) is 31.0 Å². The molecule has 0 saturated heterocycles. The zero-order chi connectivity index (χ0) is 28.5. The number of aromatic carboxylic acids is 4. The van der Waals surface area contributed by atoms with Crippen LogP contribution in [0.25, 0.3) is 0 Å². The van der Waals surface area contributed by atoms with E-state index in [4.69, 9.17) is 30.9 Å². The third-order valence-corrected chi connectivity index (χ3v) is 6.39. The van der Waals surface area contributed by atoms with Crippen molar-refractivity contribution < 1.29 is 53.9 Å². The first kappa shape index (κ1) is 30.6. The summed E-state index contributed by atoms with van der Waals surface area (Å²) in [5.41, 5.74) is 2.91. The van der Waals surface area contributed by atoms with E-state index in [1.165, 1.54) is 12.1 Å². The van der Waals surface area contributed by atoms with Gasteiger partial charge in [-0.2, -0.15) is 0 Å². The van der Waals surface area contributed by atoms with E-state index >= 15 is 0 Å². The lowest BCUT2D eigenvalue weighted by Crippen LogP contribution is -2.46. The number of carboxylic acids is 4. The molecule has 0 bridgehead atoms. The minimum absolute atomic E-state index is 0.0539. The van der Waals surface area contributed by atoms with Crippen molar-refractivity contribution in [2.24, 2.45) is 5.73 Å². The van der Waals surface area contributed by atoms with E-state index in [9.17, 15) is 28.8 Å². The third-order valence-electron chi connectivity index (χ3n) is 4.90. The van der Waals surface area contributed by atoms with Crippen LogP contribution in [-0.4, -0.2) is 60.6 Å². The van der Waals surface area contributed by atoms with Crippen LogP contribution in [0.4, 0.5) is 4.79 Å².